The number of para-hydroxylation sites is 2. The summed E-state index contributed by atoms with van der Waals surface area (Å²) < 4.78 is 6.07. The van der Waals surface area contributed by atoms with E-state index >= 15 is 0 Å². The second kappa shape index (κ2) is 10.2. The molecule has 0 atom stereocenters. The molecular formula is C24H18ClN5O6. The molecule has 4 aromatic rings. The topological polar surface area (TPSA) is 149 Å². The minimum atomic E-state index is -0.813. The van der Waals surface area contributed by atoms with Crippen LogP contribution in [-0.4, -0.2) is 33.3 Å². The number of aromatic amines is 1. The van der Waals surface area contributed by atoms with Crippen molar-refractivity contribution in [2.75, 3.05) is 11.9 Å². The van der Waals surface area contributed by atoms with Gasteiger partial charge in [0, 0.05) is 22.3 Å². The summed E-state index contributed by atoms with van der Waals surface area (Å²) in [6.07, 6.45) is 1.03. The number of anilines is 1. The van der Waals surface area contributed by atoms with Gasteiger partial charge in [-0.15, -0.1) is 4.68 Å². The number of carbonyl (C=O) groups excluding carboxylic acids is 1. The van der Waals surface area contributed by atoms with Crippen LogP contribution < -0.4 is 21.3 Å². The molecule has 0 aliphatic rings. The Bertz CT molecular complexity index is 1640. The molecule has 12 heteroatoms. The number of nitro benzene ring substituents is 1. The van der Waals surface area contributed by atoms with E-state index in [-0.39, 0.29) is 21.7 Å². The number of aryl methyl sites for hydroxylation is 1. The van der Waals surface area contributed by atoms with Gasteiger partial charge >= 0.3 is 11.4 Å². The Labute approximate surface area is 207 Å². The molecule has 1 amide bonds. The monoisotopic (exact) mass is 507 g/mol. The molecule has 0 saturated carbocycles. The number of ether oxygens (including phenoxy) is 1. The summed E-state index contributed by atoms with van der Waals surface area (Å²) in [5, 5.41) is 18.4. The van der Waals surface area contributed by atoms with Gasteiger partial charge in [0.2, 0.25) is 5.75 Å². The molecule has 0 aliphatic carbocycles. The van der Waals surface area contributed by atoms with Crippen LogP contribution in [0.25, 0.3) is 10.9 Å². The second-order valence-electron chi connectivity index (χ2n) is 7.59. The van der Waals surface area contributed by atoms with E-state index in [1.807, 2.05) is 19.1 Å². The Kier molecular flexibility index (Phi) is 6.93. The first-order valence-electron chi connectivity index (χ1n) is 10.5. The standard InChI is InChI=1S/C24H18ClN5O6/c1-14-6-2-4-8-18(14)27-21(31)13-36-22-15(10-16(25)11-20(22)30(34)35)12-26-29-23(32)17-7-3-5-9-19(17)28-24(29)33/h2-12H,13H2,1H3,(H,27,31)(H,28,33). The van der Waals surface area contributed by atoms with Gasteiger partial charge < -0.3 is 15.0 Å². The average Bonchev–Trinajstić information content (AvgIpc) is 2.84. The van der Waals surface area contributed by atoms with Gasteiger partial charge in [-0.25, -0.2) is 4.79 Å². The number of benzene rings is 3. The highest BCUT2D eigenvalue weighted by atomic mass is 35.5. The minimum absolute atomic E-state index is 0.0142. The number of fused-ring (bicyclic) bond motifs is 1. The van der Waals surface area contributed by atoms with E-state index in [2.05, 4.69) is 15.4 Å². The van der Waals surface area contributed by atoms with E-state index in [0.717, 1.165) is 17.8 Å². The summed E-state index contributed by atoms with van der Waals surface area (Å²) in [6, 6.07) is 15.8. The lowest BCUT2D eigenvalue weighted by Crippen LogP contribution is -2.32. The summed E-state index contributed by atoms with van der Waals surface area (Å²) in [5.74, 6) is -0.864. The number of nitro groups is 1. The number of rotatable bonds is 7. The van der Waals surface area contributed by atoms with Gasteiger partial charge in [-0.3, -0.25) is 19.7 Å². The molecule has 0 saturated heterocycles. The Hall–Kier alpha value is -4.77. The van der Waals surface area contributed by atoms with Crippen LogP contribution >= 0.6 is 11.6 Å². The number of nitrogens with zero attached hydrogens (tertiary/aromatic N) is 3. The molecule has 182 valence electrons. The number of halogens is 1. The third kappa shape index (κ3) is 5.15. The molecule has 11 nitrogen and oxygen atoms in total. The fourth-order valence-corrected chi connectivity index (χ4v) is 3.62. The SMILES string of the molecule is Cc1ccccc1NC(=O)COc1c(C=Nn2c(=O)[nH]c3ccccc3c2=O)cc(Cl)cc1[N+](=O)[O-]. The van der Waals surface area contributed by atoms with Crippen molar-refractivity contribution in [2.24, 2.45) is 5.10 Å². The van der Waals surface area contributed by atoms with Crippen molar-refractivity contribution in [3.63, 3.8) is 0 Å². The molecule has 0 bridgehead atoms. The van der Waals surface area contributed by atoms with Crippen molar-refractivity contribution in [1.82, 2.24) is 9.66 Å². The summed E-state index contributed by atoms with van der Waals surface area (Å²) in [6.45, 7) is 1.25. The second-order valence-corrected chi connectivity index (χ2v) is 8.03. The van der Waals surface area contributed by atoms with Crippen molar-refractivity contribution in [1.29, 1.82) is 0 Å². The predicted molar refractivity (Wildman–Crippen MR) is 135 cm³/mol. The molecule has 0 unspecified atom stereocenters. The van der Waals surface area contributed by atoms with Crippen LogP contribution in [0.1, 0.15) is 11.1 Å². The van der Waals surface area contributed by atoms with Crippen LogP contribution in [0.4, 0.5) is 11.4 Å². The summed E-state index contributed by atoms with van der Waals surface area (Å²) >= 11 is 6.04. The maximum atomic E-state index is 12.7. The lowest BCUT2D eigenvalue weighted by atomic mass is 10.2. The summed E-state index contributed by atoms with van der Waals surface area (Å²) in [5.41, 5.74) is -0.324. The van der Waals surface area contributed by atoms with E-state index in [9.17, 15) is 24.5 Å². The Morgan fingerprint density at radius 2 is 1.92 bits per heavy atom. The molecule has 1 heterocycles. The van der Waals surface area contributed by atoms with E-state index in [4.69, 9.17) is 16.3 Å². The molecular weight excluding hydrogens is 490 g/mol. The number of aromatic nitrogens is 2. The zero-order valence-electron chi connectivity index (χ0n) is 18.7. The lowest BCUT2D eigenvalue weighted by molar-refractivity contribution is -0.385. The summed E-state index contributed by atoms with van der Waals surface area (Å²) in [7, 11) is 0. The molecule has 0 aliphatic heterocycles. The van der Waals surface area contributed by atoms with Gasteiger partial charge in [0.25, 0.3) is 11.5 Å². The molecule has 4 rings (SSSR count). The maximum absolute atomic E-state index is 12.7. The highest BCUT2D eigenvalue weighted by molar-refractivity contribution is 6.31. The lowest BCUT2D eigenvalue weighted by Gasteiger charge is -2.11. The Morgan fingerprint density at radius 1 is 1.19 bits per heavy atom. The maximum Gasteiger partial charge on any atom is 0.349 e. The number of hydrogen-bond donors (Lipinski definition) is 2. The van der Waals surface area contributed by atoms with Gasteiger partial charge in [0.1, 0.15) is 0 Å². The van der Waals surface area contributed by atoms with Crippen LogP contribution in [0.2, 0.25) is 5.02 Å². The average molecular weight is 508 g/mol. The first-order chi connectivity index (χ1) is 17.2. The third-order valence-corrected chi connectivity index (χ3v) is 5.34. The van der Waals surface area contributed by atoms with Gasteiger partial charge in [0.05, 0.1) is 22.0 Å². The van der Waals surface area contributed by atoms with Crippen molar-refractivity contribution >= 4 is 46.0 Å². The largest absolute Gasteiger partial charge is 0.476 e. The van der Waals surface area contributed by atoms with E-state index in [1.165, 1.54) is 12.1 Å². The van der Waals surface area contributed by atoms with Gasteiger partial charge in [-0.2, -0.15) is 5.10 Å². The van der Waals surface area contributed by atoms with Crippen LogP contribution in [0, 0.1) is 17.0 Å². The molecule has 2 N–H and O–H groups in total. The van der Waals surface area contributed by atoms with Crippen molar-refractivity contribution < 1.29 is 14.5 Å². The number of carbonyl (C=O) groups is 1. The first kappa shape index (κ1) is 24.4. The highest BCUT2D eigenvalue weighted by Crippen LogP contribution is 2.33. The fraction of sp³-hybridized carbons (Fsp3) is 0.0833. The third-order valence-electron chi connectivity index (χ3n) is 5.12. The van der Waals surface area contributed by atoms with Gasteiger partial charge in [-0.05, 0) is 36.8 Å². The number of amides is 1. The molecule has 0 spiro atoms. The quantitative estimate of drug-likeness (QED) is 0.222. The number of hydrogen-bond acceptors (Lipinski definition) is 7. The van der Waals surface area contributed by atoms with Crippen LogP contribution in [0.3, 0.4) is 0 Å². The Balaban J connectivity index is 1.68. The van der Waals surface area contributed by atoms with E-state index < -0.39 is 34.4 Å². The first-order valence-corrected chi connectivity index (χ1v) is 10.9. The molecule has 0 radical (unpaired) electrons. The minimum Gasteiger partial charge on any atom is -0.476 e. The number of nitrogens with one attached hydrogen (secondary N) is 2. The van der Waals surface area contributed by atoms with Crippen LogP contribution in [0.5, 0.6) is 5.75 Å². The van der Waals surface area contributed by atoms with Crippen molar-refractivity contribution in [3.05, 3.63) is 108 Å². The smallest absolute Gasteiger partial charge is 0.349 e. The number of H-pyrrole nitrogens is 1. The Morgan fingerprint density at radius 3 is 2.67 bits per heavy atom. The van der Waals surface area contributed by atoms with Gasteiger partial charge in [0.15, 0.2) is 6.61 Å². The van der Waals surface area contributed by atoms with Crippen LogP contribution in [-0.2, 0) is 4.79 Å². The van der Waals surface area contributed by atoms with Gasteiger partial charge in [-0.1, -0.05) is 41.9 Å². The van der Waals surface area contributed by atoms with Crippen LogP contribution in [0.15, 0.2) is 75.4 Å². The summed E-state index contributed by atoms with van der Waals surface area (Å²) in [4.78, 5) is 51.0. The fourth-order valence-electron chi connectivity index (χ4n) is 3.40. The molecule has 0 fully saturated rings. The molecule has 1 aromatic heterocycles. The predicted octanol–water partition coefficient (Wildman–Crippen LogP) is 3.46. The zero-order valence-corrected chi connectivity index (χ0v) is 19.5. The molecule has 3 aromatic carbocycles. The van der Waals surface area contributed by atoms with Crippen molar-refractivity contribution in [2.45, 2.75) is 6.92 Å². The van der Waals surface area contributed by atoms with E-state index in [1.54, 1.807) is 30.3 Å². The zero-order chi connectivity index (χ0) is 25.8. The highest BCUT2D eigenvalue weighted by Gasteiger charge is 2.22. The normalized spacial score (nSPS) is 11.1. The van der Waals surface area contributed by atoms with Crippen molar-refractivity contribution in [3.8, 4) is 5.75 Å². The van der Waals surface area contributed by atoms with E-state index in [0.29, 0.717) is 15.9 Å². The molecule has 36 heavy (non-hydrogen) atoms.